The normalized spacial score (nSPS) is 36.9. The van der Waals surface area contributed by atoms with Crippen molar-refractivity contribution in [1.82, 2.24) is 0 Å². The van der Waals surface area contributed by atoms with Crippen LogP contribution in [0.2, 0.25) is 0 Å². The second-order valence-electron chi connectivity index (χ2n) is 6.68. The molecule has 2 aliphatic carbocycles. The Balaban J connectivity index is 2.40. The van der Waals surface area contributed by atoms with E-state index < -0.39 is 5.60 Å². The standard InChI is InChI=1S/C15H26O2/c1-14(2)8-4-5-11-12(14)6-9-15(3,17)13(11)7-10-16/h12,16-17H,4-10H2,1-3H3. The highest BCUT2D eigenvalue weighted by Crippen LogP contribution is 2.52. The zero-order valence-electron chi connectivity index (χ0n) is 11.4. The van der Waals surface area contributed by atoms with Gasteiger partial charge in [0.05, 0.1) is 5.60 Å². The molecule has 2 N–H and O–H groups in total. The van der Waals surface area contributed by atoms with Crippen molar-refractivity contribution in [3.8, 4) is 0 Å². The monoisotopic (exact) mass is 238 g/mol. The Morgan fingerprint density at radius 2 is 1.94 bits per heavy atom. The van der Waals surface area contributed by atoms with E-state index >= 15 is 0 Å². The van der Waals surface area contributed by atoms with Crippen molar-refractivity contribution in [2.24, 2.45) is 11.3 Å². The molecule has 0 bridgehead atoms. The number of aliphatic hydroxyl groups excluding tert-OH is 1. The Morgan fingerprint density at radius 3 is 2.59 bits per heavy atom. The summed E-state index contributed by atoms with van der Waals surface area (Å²) in [6.07, 6.45) is 6.23. The van der Waals surface area contributed by atoms with Crippen LogP contribution >= 0.6 is 0 Å². The number of fused-ring (bicyclic) bond motifs is 1. The van der Waals surface area contributed by atoms with Gasteiger partial charge >= 0.3 is 0 Å². The van der Waals surface area contributed by atoms with Crippen LogP contribution in [0.25, 0.3) is 0 Å². The second-order valence-corrected chi connectivity index (χ2v) is 6.68. The second kappa shape index (κ2) is 4.40. The van der Waals surface area contributed by atoms with Crippen molar-refractivity contribution in [1.29, 1.82) is 0 Å². The molecule has 0 radical (unpaired) electrons. The maximum atomic E-state index is 10.5. The lowest BCUT2D eigenvalue weighted by Gasteiger charge is -2.48. The largest absolute Gasteiger partial charge is 0.396 e. The van der Waals surface area contributed by atoms with Crippen molar-refractivity contribution >= 4 is 0 Å². The Hall–Kier alpha value is -0.340. The van der Waals surface area contributed by atoms with E-state index in [-0.39, 0.29) is 6.61 Å². The van der Waals surface area contributed by atoms with Crippen LogP contribution in [-0.2, 0) is 0 Å². The first-order valence-corrected chi connectivity index (χ1v) is 6.94. The van der Waals surface area contributed by atoms with E-state index in [0.29, 0.717) is 17.8 Å². The topological polar surface area (TPSA) is 40.5 Å². The summed E-state index contributed by atoms with van der Waals surface area (Å²) in [5, 5.41) is 19.7. The molecule has 0 aromatic carbocycles. The average molecular weight is 238 g/mol. The van der Waals surface area contributed by atoms with E-state index in [0.717, 1.165) is 24.8 Å². The third-order valence-corrected chi connectivity index (χ3v) is 4.95. The molecule has 0 heterocycles. The highest BCUT2D eigenvalue weighted by atomic mass is 16.3. The van der Waals surface area contributed by atoms with Crippen LogP contribution in [0.3, 0.4) is 0 Å². The zero-order chi connectivity index (χ0) is 12.7. The van der Waals surface area contributed by atoms with Gasteiger partial charge in [0.25, 0.3) is 0 Å². The fraction of sp³-hybridized carbons (Fsp3) is 0.867. The summed E-state index contributed by atoms with van der Waals surface area (Å²) in [5.41, 5.74) is 2.29. The van der Waals surface area contributed by atoms with Crippen LogP contribution in [0.4, 0.5) is 0 Å². The number of allylic oxidation sites excluding steroid dienone is 1. The summed E-state index contributed by atoms with van der Waals surface area (Å²) in [6.45, 7) is 6.78. The van der Waals surface area contributed by atoms with Crippen LogP contribution in [-0.4, -0.2) is 22.4 Å². The van der Waals surface area contributed by atoms with Crippen molar-refractivity contribution in [3.63, 3.8) is 0 Å². The molecular formula is C15H26O2. The number of hydrogen-bond acceptors (Lipinski definition) is 2. The van der Waals surface area contributed by atoms with Gasteiger partial charge in [-0.1, -0.05) is 19.4 Å². The summed E-state index contributed by atoms with van der Waals surface area (Å²) in [5.74, 6) is 0.623. The van der Waals surface area contributed by atoms with Gasteiger partial charge in [0.2, 0.25) is 0 Å². The van der Waals surface area contributed by atoms with Crippen molar-refractivity contribution in [3.05, 3.63) is 11.1 Å². The Bertz CT molecular complexity index is 326. The minimum atomic E-state index is -0.679. The summed E-state index contributed by atoms with van der Waals surface area (Å²) in [6, 6.07) is 0. The molecule has 2 unspecified atom stereocenters. The zero-order valence-corrected chi connectivity index (χ0v) is 11.4. The maximum absolute atomic E-state index is 10.5. The minimum Gasteiger partial charge on any atom is -0.396 e. The number of aliphatic hydroxyl groups is 2. The van der Waals surface area contributed by atoms with Gasteiger partial charge < -0.3 is 10.2 Å². The lowest BCUT2D eigenvalue weighted by atomic mass is 9.59. The predicted molar refractivity (Wildman–Crippen MR) is 69.7 cm³/mol. The Labute approximate surface area is 105 Å². The molecule has 2 atom stereocenters. The molecule has 2 aliphatic rings. The lowest BCUT2D eigenvalue weighted by Crippen LogP contribution is -2.41. The predicted octanol–water partition coefficient (Wildman–Crippen LogP) is 3.04. The Kier molecular flexibility index (Phi) is 3.39. The quantitative estimate of drug-likeness (QED) is 0.726. The van der Waals surface area contributed by atoms with E-state index in [1.165, 1.54) is 18.4 Å². The number of hydrogen-bond donors (Lipinski definition) is 2. The highest BCUT2D eigenvalue weighted by Gasteiger charge is 2.43. The molecule has 0 aliphatic heterocycles. The minimum absolute atomic E-state index is 0.155. The molecule has 2 heteroatoms. The van der Waals surface area contributed by atoms with Gasteiger partial charge in [-0.2, -0.15) is 0 Å². The molecule has 0 aromatic heterocycles. The van der Waals surface area contributed by atoms with Gasteiger partial charge in [-0.05, 0) is 62.4 Å². The molecule has 1 saturated carbocycles. The maximum Gasteiger partial charge on any atom is 0.0832 e. The van der Waals surface area contributed by atoms with Crippen LogP contribution in [0, 0.1) is 11.3 Å². The lowest BCUT2D eigenvalue weighted by molar-refractivity contribution is 0.0417. The van der Waals surface area contributed by atoms with Crippen molar-refractivity contribution < 1.29 is 10.2 Å². The summed E-state index contributed by atoms with van der Waals surface area (Å²) in [7, 11) is 0. The Morgan fingerprint density at radius 1 is 1.24 bits per heavy atom. The first-order valence-electron chi connectivity index (χ1n) is 6.94. The van der Waals surface area contributed by atoms with Crippen molar-refractivity contribution in [2.45, 2.75) is 64.9 Å². The molecule has 2 nitrogen and oxygen atoms in total. The van der Waals surface area contributed by atoms with Crippen LogP contribution in [0.5, 0.6) is 0 Å². The van der Waals surface area contributed by atoms with E-state index in [4.69, 9.17) is 0 Å². The van der Waals surface area contributed by atoms with Gasteiger partial charge in [-0.25, -0.2) is 0 Å². The van der Waals surface area contributed by atoms with Gasteiger partial charge in [-0.15, -0.1) is 0 Å². The fourth-order valence-electron chi connectivity index (χ4n) is 3.94. The molecule has 0 saturated heterocycles. The van der Waals surface area contributed by atoms with E-state index in [1.807, 2.05) is 6.92 Å². The highest BCUT2D eigenvalue weighted by molar-refractivity contribution is 5.31. The summed E-state index contributed by atoms with van der Waals surface area (Å²) >= 11 is 0. The van der Waals surface area contributed by atoms with Gasteiger partial charge in [0.15, 0.2) is 0 Å². The van der Waals surface area contributed by atoms with Gasteiger partial charge in [0.1, 0.15) is 0 Å². The smallest absolute Gasteiger partial charge is 0.0832 e. The SMILES string of the molecule is CC1(O)CCC2C(=C1CCO)CCCC2(C)C. The van der Waals surface area contributed by atoms with Crippen LogP contribution in [0.1, 0.15) is 59.3 Å². The van der Waals surface area contributed by atoms with Gasteiger partial charge in [0, 0.05) is 6.61 Å². The van der Waals surface area contributed by atoms with Crippen LogP contribution in [0.15, 0.2) is 11.1 Å². The van der Waals surface area contributed by atoms with E-state index in [1.54, 1.807) is 0 Å². The molecule has 0 amide bonds. The average Bonchev–Trinajstić information content (AvgIpc) is 2.21. The molecule has 17 heavy (non-hydrogen) atoms. The molecule has 1 fully saturated rings. The third-order valence-electron chi connectivity index (χ3n) is 4.95. The van der Waals surface area contributed by atoms with Gasteiger partial charge in [-0.3, -0.25) is 0 Å². The fourth-order valence-corrected chi connectivity index (χ4v) is 3.94. The molecule has 2 rings (SSSR count). The third kappa shape index (κ3) is 2.30. The number of rotatable bonds is 2. The van der Waals surface area contributed by atoms with E-state index in [2.05, 4.69) is 13.8 Å². The van der Waals surface area contributed by atoms with Crippen molar-refractivity contribution in [2.75, 3.05) is 6.61 Å². The molecular weight excluding hydrogens is 212 g/mol. The summed E-state index contributed by atoms with van der Waals surface area (Å²) in [4.78, 5) is 0. The first kappa shape index (κ1) is 13.1. The van der Waals surface area contributed by atoms with Crippen LogP contribution < -0.4 is 0 Å². The molecule has 0 spiro atoms. The molecule has 98 valence electrons. The summed E-state index contributed by atoms with van der Waals surface area (Å²) < 4.78 is 0. The molecule has 0 aromatic rings. The van der Waals surface area contributed by atoms with E-state index in [9.17, 15) is 10.2 Å². The first-order chi connectivity index (χ1) is 7.88.